The monoisotopic (exact) mass is 281 g/mol. The Bertz CT molecular complexity index is 322. The molecule has 0 radical (unpaired) electrons. The van der Waals surface area contributed by atoms with Crippen LogP contribution in [0, 0.1) is 0 Å². The minimum Gasteiger partial charge on any atom is -0.394 e. The molecule has 9 nitrogen and oxygen atoms in total. The van der Waals surface area contributed by atoms with Crippen LogP contribution in [0.1, 0.15) is 0 Å². The third-order valence-electron chi connectivity index (χ3n) is 2.89. The molecule has 7 N–H and O–H groups in total. The number of ether oxygens (including phenoxy) is 1. The third kappa shape index (κ3) is 2.44. The van der Waals surface area contributed by atoms with Crippen molar-refractivity contribution in [2.45, 2.75) is 36.9 Å². The van der Waals surface area contributed by atoms with Crippen molar-refractivity contribution in [1.29, 1.82) is 0 Å². The van der Waals surface area contributed by atoms with Crippen molar-refractivity contribution in [3.8, 4) is 0 Å². The SMILES string of the molecule is NC(NCl)C1N=CN([C@@H]2O[C@H](CO)[C@@H](O)[C@H]2O)N1. The van der Waals surface area contributed by atoms with Crippen molar-refractivity contribution >= 4 is 18.1 Å². The quantitative estimate of drug-likeness (QED) is 0.232. The minimum absolute atomic E-state index is 0.383. The van der Waals surface area contributed by atoms with Gasteiger partial charge in [-0.05, 0) is 11.8 Å². The average molecular weight is 282 g/mol. The van der Waals surface area contributed by atoms with Crippen molar-refractivity contribution in [2.75, 3.05) is 6.61 Å². The standard InChI is InChI=1S/C8H16ClN5O4/c9-12-6(10)7-11-2-14(13-7)8-5(17)4(16)3(1-15)18-8/h2-8,12-13,15-17H,1,10H2/t3-,4-,5-,6?,7?,8-/m1/s1. The van der Waals surface area contributed by atoms with Crippen molar-refractivity contribution < 1.29 is 20.1 Å². The van der Waals surface area contributed by atoms with Crippen LogP contribution < -0.4 is 16.0 Å². The van der Waals surface area contributed by atoms with E-state index in [4.69, 9.17) is 27.4 Å². The van der Waals surface area contributed by atoms with E-state index < -0.39 is 36.9 Å². The molecule has 0 aliphatic carbocycles. The molecule has 0 aromatic carbocycles. The molecular weight excluding hydrogens is 266 g/mol. The van der Waals surface area contributed by atoms with Gasteiger partial charge in [-0.1, -0.05) is 0 Å². The fourth-order valence-electron chi connectivity index (χ4n) is 1.84. The van der Waals surface area contributed by atoms with Crippen LogP contribution >= 0.6 is 11.8 Å². The first-order chi connectivity index (χ1) is 8.58. The molecule has 0 aromatic heterocycles. The van der Waals surface area contributed by atoms with Crippen LogP contribution in [0.3, 0.4) is 0 Å². The number of aliphatic hydroxyl groups excluding tert-OH is 3. The molecule has 2 aliphatic rings. The van der Waals surface area contributed by atoms with Gasteiger partial charge in [-0.2, -0.15) is 0 Å². The number of rotatable bonds is 4. The molecule has 0 amide bonds. The summed E-state index contributed by atoms with van der Waals surface area (Å²) in [5.41, 5.74) is 8.46. The fraction of sp³-hybridized carbons (Fsp3) is 0.875. The first-order valence-electron chi connectivity index (χ1n) is 5.40. The highest BCUT2D eigenvalue weighted by Gasteiger charge is 2.46. The van der Waals surface area contributed by atoms with E-state index in [1.54, 1.807) is 0 Å². The number of halogens is 1. The van der Waals surface area contributed by atoms with E-state index in [1.165, 1.54) is 11.3 Å². The molecule has 2 aliphatic heterocycles. The van der Waals surface area contributed by atoms with Crippen LogP contribution in [0.2, 0.25) is 0 Å². The number of aliphatic hydroxyl groups is 3. The second-order valence-electron chi connectivity index (χ2n) is 4.11. The summed E-state index contributed by atoms with van der Waals surface area (Å²) in [7, 11) is 0. The molecule has 0 aromatic rings. The highest BCUT2D eigenvalue weighted by atomic mass is 35.5. The number of nitrogens with two attached hydrogens (primary N) is 1. The maximum atomic E-state index is 9.80. The number of hydrogen-bond acceptors (Lipinski definition) is 9. The average Bonchev–Trinajstić information content (AvgIpc) is 2.96. The van der Waals surface area contributed by atoms with E-state index >= 15 is 0 Å². The Hall–Kier alpha value is -0.520. The summed E-state index contributed by atoms with van der Waals surface area (Å²) in [6.07, 6.45) is -3.76. The lowest BCUT2D eigenvalue weighted by atomic mass is 10.1. The summed E-state index contributed by atoms with van der Waals surface area (Å²) < 4.78 is 5.31. The summed E-state index contributed by atoms with van der Waals surface area (Å²) in [5.74, 6) is 0. The lowest BCUT2D eigenvalue weighted by molar-refractivity contribution is -0.0848. The largest absolute Gasteiger partial charge is 0.394 e. The minimum atomic E-state index is -1.17. The van der Waals surface area contributed by atoms with Gasteiger partial charge in [-0.3, -0.25) is 10.0 Å². The zero-order valence-corrected chi connectivity index (χ0v) is 10.1. The number of nitrogens with zero attached hydrogens (tertiary/aromatic N) is 2. The van der Waals surface area contributed by atoms with E-state index in [9.17, 15) is 10.2 Å². The Morgan fingerprint density at radius 2 is 2.28 bits per heavy atom. The first kappa shape index (κ1) is 13.9. The molecular formula is C8H16ClN5O4. The summed E-state index contributed by atoms with van der Waals surface area (Å²) in [6, 6.07) is 0. The molecule has 0 spiro atoms. The molecule has 10 heteroatoms. The van der Waals surface area contributed by atoms with Crippen LogP contribution in [0.15, 0.2) is 4.99 Å². The van der Waals surface area contributed by atoms with Crippen molar-refractivity contribution in [2.24, 2.45) is 10.7 Å². The van der Waals surface area contributed by atoms with E-state index in [0.29, 0.717) is 0 Å². The van der Waals surface area contributed by atoms with Crippen LogP contribution in [0.4, 0.5) is 0 Å². The smallest absolute Gasteiger partial charge is 0.174 e. The predicted octanol–water partition coefficient (Wildman–Crippen LogP) is -3.37. The summed E-state index contributed by atoms with van der Waals surface area (Å²) in [4.78, 5) is 6.34. The Labute approximate surface area is 108 Å². The van der Waals surface area contributed by atoms with Crippen LogP contribution in [0.25, 0.3) is 0 Å². The number of nitrogens with one attached hydrogen (secondary N) is 2. The second kappa shape index (κ2) is 5.63. The first-order valence-corrected chi connectivity index (χ1v) is 5.78. The van der Waals surface area contributed by atoms with Gasteiger partial charge in [0, 0.05) is 0 Å². The zero-order chi connectivity index (χ0) is 13.3. The zero-order valence-electron chi connectivity index (χ0n) is 9.35. The van der Waals surface area contributed by atoms with Gasteiger partial charge >= 0.3 is 0 Å². The molecule has 1 saturated heterocycles. The molecule has 2 rings (SSSR count). The third-order valence-corrected chi connectivity index (χ3v) is 3.14. The van der Waals surface area contributed by atoms with Gasteiger partial charge in [-0.25, -0.2) is 10.3 Å². The highest BCUT2D eigenvalue weighted by Crippen LogP contribution is 2.23. The molecule has 104 valence electrons. The fourth-order valence-corrected chi connectivity index (χ4v) is 1.96. The summed E-state index contributed by atoms with van der Waals surface area (Å²) in [6.45, 7) is -0.383. The summed E-state index contributed by atoms with van der Waals surface area (Å²) >= 11 is 5.38. The van der Waals surface area contributed by atoms with Crippen LogP contribution in [-0.4, -0.2) is 70.1 Å². The van der Waals surface area contributed by atoms with Gasteiger partial charge in [0.1, 0.15) is 37.0 Å². The van der Waals surface area contributed by atoms with Crippen molar-refractivity contribution in [3.05, 3.63) is 0 Å². The van der Waals surface area contributed by atoms with Gasteiger partial charge in [0.15, 0.2) is 6.23 Å². The second-order valence-corrected chi connectivity index (χ2v) is 4.33. The Kier molecular flexibility index (Phi) is 4.35. The van der Waals surface area contributed by atoms with Gasteiger partial charge in [0.25, 0.3) is 0 Å². The summed E-state index contributed by atoms with van der Waals surface area (Å²) in [5, 5.41) is 29.8. The van der Waals surface area contributed by atoms with Gasteiger partial charge in [-0.15, -0.1) is 0 Å². The number of aliphatic imine (C=N–C) groups is 1. The number of hydrogen-bond donors (Lipinski definition) is 6. The predicted molar refractivity (Wildman–Crippen MR) is 62.0 cm³/mol. The van der Waals surface area contributed by atoms with Crippen LogP contribution in [0.5, 0.6) is 0 Å². The van der Waals surface area contributed by atoms with E-state index in [2.05, 4.69) is 15.3 Å². The molecule has 2 unspecified atom stereocenters. The maximum Gasteiger partial charge on any atom is 0.174 e. The van der Waals surface area contributed by atoms with E-state index in [1.807, 2.05) is 0 Å². The Morgan fingerprint density at radius 3 is 2.83 bits per heavy atom. The van der Waals surface area contributed by atoms with E-state index in [-0.39, 0.29) is 6.61 Å². The highest BCUT2D eigenvalue weighted by molar-refractivity contribution is 6.13. The Balaban J connectivity index is 1.97. The van der Waals surface area contributed by atoms with Crippen molar-refractivity contribution in [3.63, 3.8) is 0 Å². The molecule has 1 fully saturated rings. The normalized spacial score (nSPS) is 41.6. The van der Waals surface area contributed by atoms with E-state index in [0.717, 1.165) is 0 Å². The van der Waals surface area contributed by atoms with Gasteiger partial charge in [0.2, 0.25) is 0 Å². The van der Waals surface area contributed by atoms with Gasteiger partial charge < -0.3 is 25.8 Å². The molecule has 0 saturated carbocycles. The van der Waals surface area contributed by atoms with Crippen LogP contribution in [-0.2, 0) is 4.74 Å². The molecule has 0 bridgehead atoms. The molecule has 2 heterocycles. The Morgan fingerprint density at radius 1 is 1.56 bits per heavy atom. The number of hydrazine groups is 1. The maximum absolute atomic E-state index is 9.80. The molecule has 6 atom stereocenters. The topological polar surface area (TPSA) is 136 Å². The molecule has 18 heavy (non-hydrogen) atoms. The lowest BCUT2D eigenvalue weighted by Gasteiger charge is -2.27. The van der Waals surface area contributed by atoms with Gasteiger partial charge in [0.05, 0.1) is 6.61 Å². The lowest BCUT2D eigenvalue weighted by Crippen LogP contribution is -2.55. The van der Waals surface area contributed by atoms with Crippen molar-refractivity contribution in [1.82, 2.24) is 15.3 Å².